The van der Waals surface area contributed by atoms with Crippen molar-refractivity contribution in [1.29, 1.82) is 0 Å². The van der Waals surface area contributed by atoms with E-state index in [1.807, 2.05) is 4.57 Å². The van der Waals surface area contributed by atoms with Crippen molar-refractivity contribution < 1.29 is 13.6 Å². The quantitative estimate of drug-likeness (QED) is 0.753. The van der Waals surface area contributed by atoms with Crippen LogP contribution in [0.25, 0.3) is 11.4 Å². The highest BCUT2D eigenvalue weighted by molar-refractivity contribution is 5.81. The van der Waals surface area contributed by atoms with Crippen LogP contribution in [0.2, 0.25) is 0 Å². The van der Waals surface area contributed by atoms with Crippen molar-refractivity contribution in [3.63, 3.8) is 0 Å². The van der Waals surface area contributed by atoms with E-state index in [9.17, 15) is 13.6 Å². The number of amides is 1. The van der Waals surface area contributed by atoms with Crippen LogP contribution < -0.4 is 5.32 Å². The number of aryl methyl sites for hydroxylation is 1. The molecule has 7 heteroatoms. The number of benzene rings is 2. The molecule has 4 rings (SSSR count). The molecule has 0 radical (unpaired) electrons. The van der Waals surface area contributed by atoms with Crippen molar-refractivity contribution in [2.75, 3.05) is 6.54 Å². The molecule has 2 aromatic carbocycles. The summed E-state index contributed by atoms with van der Waals surface area (Å²) in [5, 5.41) is 11.2. The molecule has 1 unspecified atom stereocenters. The maximum atomic E-state index is 13.7. The molecule has 0 fully saturated rings. The van der Waals surface area contributed by atoms with Crippen molar-refractivity contribution in [2.24, 2.45) is 0 Å². The van der Waals surface area contributed by atoms with E-state index in [1.165, 1.54) is 18.2 Å². The first kappa shape index (κ1) is 17.3. The van der Waals surface area contributed by atoms with Crippen molar-refractivity contribution >= 4 is 5.91 Å². The molecule has 5 nitrogen and oxygen atoms in total. The Balaban J connectivity index is 1.47. The molecule has 1 amide bonds. The van der Waals surface area contributed by atoms with Gasteiger partial charge in [-0.15, -0.1) is 10.2 Å². The van der Waals surface area contributed by atoms with Crippen LogP contribution in [0.4, 0.5) is 8.78 Å². The first-order chi connectivity index (χ1) is 13.1. The summed E-state index contributed by atoms with van der Waals surface area (Å²) in [6.45, 7) is 0.347. The Morgan fingerprint density at radius 3 is 2.67 bits per heavy atom. The Kier molecular flexibility index (Phi) is 4.66. The average Bonchev–Trinajstić information content (AvgIpc) is 3.26. The van der Waals surface area contributed by atoms with Crippen molar-refractivity contribution in [1.82, 2.24) is 20.1 Å². The summed E-state index contributed by atoms with van der Waals surface area (Å²) in [5.74, 6) is 0.545. The van der Waals surface area contributed by atoms with Crippen LogP contribution >= 0.6 is 0 Å². The number of carbonyl (C=O) groups is 1. The number of aromatic nitrogens is 3. The summed E-state index contributed by atoms with van der Waals surface area (Å²) in [6.07, 6.45) is 1.70. The minimum absolute atomic E-state index is 0.145. The van der Waals surface area contributed by atoms with E-state index in [2.05, 4.69) is 15.5 Å². The van der Waals surface area contributed by atoms with E-state index in [-0.39, 0.29) is 17.5 Å². The molecule has 0 aliphatic carbocycles. The number of hydrogen-bond donors (Lipinski definition) is 1. The fraction of sp³-hybridized carbons (Fsp3) is 0.250. The summed E-state index contributed by atoms with van der Waals surface area (Å²) < 4.78 is 28.7. The molecule has 1 aliphatic rings. The number of fused-ring (bicyclic) bond motifs is 1. The predicted molar refractivity (Wildman–Crippen MR) is 95.9 cm³/mol. The number of carbonyl (C=O) groups excluding carboxylic acids is 1. The second-order valence-corrected chi connectivity index (χ2v) is 6.50. The third-order valence-electron chi connectivity index (χ3n) is 4.78. The Morgan fingerprint density at radius 2 is 1.89 bits per heavy atom. The lowest BCUT2D eigenvalue weighted by atomic mass is 10.1. The number of rotatable bonds is 5. The highest BCUT2D eigenvalue weighted by Crippen LogP contribution is 2.31. The standard InChI is InChI=1S/C20H18F2N4O/c21-15-7-5-14(6-8-15)19-25-24-18-10-9-17(26(18)19)20(27)23-12-11-13-3-1-2-4-16(13)22/h1-8,17H,9-12H2,(H,23,27). The topological polar surface area (TPSA) is 59.8 Å². The maximum absolute atomic E-state index is 13.7. The Bertz CT molecular complexity index is 968. The zero-order chi connectivity index (χ0) is 18.8. The highest BCUT2D eigenvalue weighted by atomic mass is 19.1. The van der Waals surface area contributed by atoms with E-state index >= 15 is 0 Å². The highest BCUT2D eigenvalue weighted by Gasteiger charge is 2.32. The van der Waals surface area contributed by atoms with E-state index in [1.54, 1.807) is 30.3 Å². The second-order valence-electron chi connectivity index (χ2n) is 6.50. The average molecular weight is 368 g/mol. The van der Waals surface area contributed by atoms with Crippen molar-refractivity contribution in [3.05, 3.63) is 71.6 Å². The molecule has 0 bridgehead atoms. The third kappa shape index (κ3) is 3.45. The molecule has 3 aromatic rings. The number of hydrogen-bond acceptors (Lipinski definition) is 3. The van der Waals surface area contributed by atoms with Crippen LogP contribution in [0.1, 0.15) is 23.9 Å². The molecule has 0 saturated heterocycles. The van der Waals surface area contributed by atoms with Crippen LogP contribution in [0.3, 0.4) is 0 Å². The molecule has 2 heterocycles. The monoisotopic (exact) mass is 368 g/mol. The third-order valence-corrected chi connectivity index (χ3v) is 4.78. The number of halogens is 2. The number of nitrogens with one attached hydrogen (secondary N) is 1. The fourth-order valence-corrected chi connectivity index (χ4v) is 3.40. The normalized spacial score (nSPS) is 15.6. The van der Waals surface area contributed by atoms with E-state index in [4.69, 9.17) is 0 Å². The van der Waals surface area contributed by atoms with Gasteiger partial charge in [-0.05, 0) is 48.7 Å². The molecule has 1 N–H and O–H groups in total. The molecular formula is C20H18F2N4O. The maximum Gasteiger partial charge on any atom is 0.243 e. The number of nitrogens with zero attached hydrogens (tertiary/aromatic N) is 3. The second kappa shape index (κ2) is 7.26. The van der Waals surface area contributed by atoms with Crippen LogP contribution in [0, 0.1) is 11.6 Å². The molecule has 1 aromatic heterocycles. The molecule has 1 aliphatic heterocycles. The van der Waals surface area contributed by atoms with Crippen LogP contribution in [0.15, 0.2) is 48.5 Å². The van der Waals surface area contributed by atoms with E-state index in [0.29, 0.717) is 42.8 Å². The van der Waals surface area contributed by atoms with Crippen LogP contribution in [0.5, 0.6) is 0 Å². The minimum Gasteiger partial charge on any atom is -0.354 e. The van der Waals surface area contributed by atoms with Gasteiger partial charge in [-0.1, -0.05) is 18.2 Å². The molecule has 1 atom stereocenters. The van der Waals surface area contributed by atoms with Gasteiger partial charge in [0.05, 0.1) is 0 Å². The van der Waals surface area contributed by atoms with E-state index in [0.717, 1.165) is 5.82 Å². The molecule has 0 spiro atoms. The lowest BCUT2D eigenvalue weighted by Crippen LogP contribution is -2.32. The SMILES string of the molecule is O=C(NCCc1ccccc1F)C1CCc2nnc(-c3ccc(F)cc3)n21. The van der Waals surface area contributed by atoms with Gasteiger partial charge in [-0.2, -0.15) is 0 Å². The summed E-state index contributed by atoms with van der Waals surface area (Å²) in [5.41, 5.74) is 1.28. The fourth-order valence-electron chi connectivity index (χ4n) is 3.40. The van der Waals surface area contributed by atoms with Crippen LogP contribution in [-0.2, 0) is 17.6 Å². The molecule has 0 saturated carbocycles. The zero-order valence-electron chi connectivity index (χ0n) is 14.5. The first-order valence-corrected chi connectivity index (χ1v) is 8.84. The van der Waals surface area contributed by atoms with Gasteiger partial charge in [-0.25, -0.2) is 8.78 Å². The molecule has 27 heavy (non-hydrogen) atoms. The Hall–Kier alpha value is -3.09. The van der Waals surface area contributed by atoms with Gasteiger partial charge in [0.25, 0.3) is 0 Å². The van der Waals surface area contributed by atoms with Gasteiger partial charge in [0.2, 0.25) is 5.91 Å². The Labute approximate surface area is 155 Å². The first-order valence-electron chi connectivity index (χ1n) is 8.84. The van der Waals surface area contributed by atoms with Gasteiger partial charge in [-0.3, -0.25) is 9.36 Å². The van der Waals surface area contributed by atoms with E-state index < -0.39 is 6.04 Å². The van der Waals surface area contributed by atoms with Crippen LogP contribution in [-0.4, -0.2) is 27.2 Å². The van der Waals surface area contributed by atoms with Crippen molar-refractivity contribution in [3.8, 4) is 11.4 Å². The predicted octanol–water partition coefficient (Wildman–Crippen LogP) is 3.07. The summed E-state index contributed by atoms with van der Waals surface area (Å²) in [4.78, 5) is 12.7. The van der Waals surface area contributed by atoms with Gasteiger partial charge in [0.15, 0.2) is 5.82 Å². The van der Waals surface area contributed by atoms with Gasteiger partial charge < -0.3 is 5.32 Å². The summed E-state index contributed by atoms with van der Waals surface area (Å²) in [6, 6.07) is 12.1. The van der Waals surface area contributed by atoms with Crippen molar-refractivity contribution in [2.45, 2.75) is 25.3 Å². The summed E-state index contributed by atoms with van der Waals surface area (Å²) in [7, 11) is 0. The molecular weight excluding hydrogens is 350 g/mol. The summed E-state index contributed by atoms with van der Waals surface area (Å²) >= 11 is 0. The largest absolute Gasteiger partial charge is 0.354 e. The zero-order valence-corrected chi connectivity index (χ0v) is 14.5. The lowest BCUT2D eigenvalue weighted by molar-refractivity contribution is -0.124. The lowest BCUT2D eigenvalue weighted by Gasteiger charge is -2.15. The van der Waals surface area contributed by atoms with Gasteiger partial charge in [0.1, 0.15) is 23.5 Å². The molecule has 138 valence electrons. The Morgan fingerprint density at radius 1 is 1.11 bits per heavy atom. The smallest absolute Gasteiger partial charge is 0.243 e. The van der Waals surface area contributed by atoms with Gasteiger partial charge in [0, 0.05) is 18.5 Å². The minimum atomic E-state index is -0.421. The van der Waals surface area contributed by atoms with Gasteiger partial charge >= 0.3 is 0 Å².